The molecule has 1 saturated heterocycles. The van der Waals surface area contributed by atoms with E-state index in [1.54, 1.807) is 19.2 Å². The van der Waals surface area contributed by atoms with Crippen molar-refractivity contribution in [1.29, 1.82) is 0 Å². The van der Waals surface area contributed by atoms with Gasteiger partial charge in [0.25, 0.3) is 12.0 Å². The number of hydrogen-bond donors (Lipinski definition) is 2. The van der Waals surface area contributed by atoms with E-state index in [0.29, 0.717) is 45.0 Å². The summed E-state index contributed by atoms with van der Waals surface area (Å²) in [6.07, 6.45) is 2.28. The van der Waals surface area contributed by atoms with E-state index in [2.05, 4.69) is 26.8 Å². The van der Waals surface area contributed by atoms with Gasteiger partial charge >= 0.3 is 0 Å². The highest BCUT2D eigenvalue weighted by Crippen LogP contribution is 2.44. The van der Waals surface area contributed by atoms with Crippen LogP contribution in [0.15, 0.2) is 59.5 Å². The van der Waals surface area contributed by atoms with Crippen molar-refractivity contribution in [3.05, 3.63) is 91.9 Å². The average molecular weight is 694 g/mol. The van der Waals surface area contributed by atoms with Gasteiger partial charge in [-0.25, -0.2) is 23.4 Å². The maximum absolute atomic E-state index is 13.8. The number of nitrogens with zero attached hydrogens (tertiary/aromatic N) is 4. The molecule has 1 fully saturated rings. The smallest absolute Gasteiger partial charge is 0.280 e. The molecule has 2 N–H and O–H groups in total. The van der Waals surface area contributed by atoms with Crippen LogP contribution in [0.25, 0.3) is 33.2 Å². The van der Waals surface area contributed by atoms with Gasteiger partial charge in [-0.3, -0.25) is 4.79 Å². The van der Waals surface area contributed by atoms with Crippen LogP contribution < -0.4 is 20.9 Å². The Hall–Kier alpha value is -4.16. The molecule has 0 spiro atoms. The first-order valence-corrected chi connectivity index (χ1v) is 16.4. The quantitative estimate of drug-likeness (QED) is 0.170. The summed E-state index contributed by atoms with van der Waals surface area (Å²) < 4.78 is 40.0. The van der Waals surface area contributed by atoms with Crippen LogP contribution in [-0.2, 0) is 18.2 Å². The van der Waals surface area contributed by atoms with Gasteiger partial charge in [-0.1, -0.05) is 53.5 Å². The van der Waals surface area contributed by atoms with Crippen molar-refractivity contribution < 1.29 is 18.3 Å². The fourth-order valence-electron chi connectivity index (χ4n) is 6.59. The van der Waals surface area contributed by atoms with Crippen LogP contribution in [0.5, 0.6) is 5.88 Å². The molecule has 9 nitrogen and oxygen atoms in total. The van der Waals surface area contributed by atoms with Gasteiger partial charge in [0.2, 0.25) is 5.88 Å². The normalized spacial score (nSPS) is 16.4. The summed E-state index contributed by atoms with van der Waals surface area (Å²) in [5, 5.41) is 11.8. The predicted octanol–water partition coefficient (Wildman–Crippen LogP) is 7.81. The van der Waals surface area contributed by atoms with Crippen LogP contribution in [0.4, 0.5) is 20.3 Å². The second kappa shape index (κ2) is 13.4. The molecular formula is C35H32Cl2F2N6O3. The molecule has 0 radical (unpaired) electrons. The molecule has 2 aliphatic rings. The maximum Gasteiger partial charge on any atom is 0.280 e. The number of aromatic nitrogens is 4. The lowest BCUT2D eigenvalue weighted by atomic mass is 9.99. The first-order chi connectivity index (χ1) is 23.2. The SMILES string of the molecule is COc1nc(-c2cccc(-c3cccc(Nc4nc(C(F)F)cc5cnn(C)c(=O)c45)c3Cl)c2Cl)cc2c1C(NC1CCOCC1)CC2. The largest absolute Gasteiger partial charge is 0.481 e. The van der Waals surface area contributed by atoms with E-state index >= 15 is 0 Å². The third-order valence-corrected chi connectivity index (χ3v) is 9.81. The number of halogens is 4. The number of pyridine rings is 2. The molecule has 1 aliphatic heterocycles. The molecule has 48 heavy (non-hydrogen) atoms. The van der Waals surface area contributed by atoms with E-state index in [4.69, 9.17) is 37.7 Å². The highest BCUT2D eigenvalue weighted by atomic mass is 35.5. The van der Waals surface area contributed by atoms with Crippen molar-refractivity contribution in [3.63, 3.8) is 0 Å². The monoisotopic (exact) mass is 692 g/mol. The standard InChI is InChI=1S/C35H32Cl2F2N6O3/c1-45-35(46)29-19(17-40-45)16-27(32(38)39)43-33(29)42-25-8-4-6-22(31(25)37)21-5-3-7-23(30(21)36)26-15-18-9-10-24(28(18)34(44-26)47-2)41-20-11-13-48-14-12-20/h3-8,15-17,20,24,32,41H,9-14H2,1-2H3,(H,42,43). The number of ether oxygens (including phenoxy) is 2. The first-order valence-electron chi connectivity index (χ1n) is 15.6. The number of fused-ring (bicyclic) bond motifs is 2. The molecule has 0 amide bonds. The highest BCUT2D eigenvalue weighted by Gasteiger charge is 2.31. The van der Waals surface area contributed by atoms with Gasteiger partial charge in [0.15, 0.2) is 0 Å². The highest BCUT2D eigenvalue weighted by molar-refractivity contribution is 6.39. The summed E-state index contributed by atoms with van der Waals surface area (Å²) in [4.78, 5) is 22.0. The molecule has 248 valence electrons. The third kappa shape index (κ3) is 6.00. The van der Waals surface area contributed by atoms with E-state index < -0.39 is 17.7 Å². The van der Waals surface area contributed by atoms with E-state index in [0.717, 1.165) is 55.2 Å². The fraction of sp³-hybridized carbons (Fsp3) is 0.314. The van der Waals surface area contributed by atoms with Gasteiger partial charge in [0.1, 0.15) is 11.5 Å². The Labute approximate surface area is 285 Å². The Balaban J connectivity index is 1.25. The summed E-state index contributed by atoms with van der Waals surface area (Å²) in [7, 11) is 3.11. The van der Waals surface area contributed by atoms with Crippen molar-refractivity contribution in [1.82, 2.24) is 25.1 Å². The molecule has 7 rings (SSSR count). The van der Waals surface area contributed by atoms with Gasteiger partial charge in [-0.2, -0.15) is 5.10 Å². The molecule has 3 aromatic heterocycles. The number of hydrogen-bond acceptors (Lipinski definition) is 8. The number of aryl methyl sites for hydroxylation is 2. The Morgan fingerprint density at radius 2 is 1.73 bits per heavy atom. The molecular weight excluding hydrogens is 661 g/mol. The van der Waals surface area contributed by atoms with E-state index in [-0.39, 0.29) is 27.7 Å². The fourth-order valence-corrected chi connectivity index (χ4v) is 7.19. The minimum absolute atomic E-state index is 0.0521. The van der Waals surface area contributed by atoms with Crippen LogP contribution in [0.3, 0.4) is 0 Å². The maximum atomic E-state index is 13.8. The van der Waals surface area contributed by atoms with Crippen molar-refractivity contribution in [2.75, 3.05) is 25.6 Å². The van der Waals surface area contributed by atoms with E-state index in [1.807, 2.05) is 24.3 Å². The molecule has 13 heteroatoms. The van der Waals surface area contributed by atoms with Gasteiger partial charge in [-0.15, -0.1) is 0 Å². The van der Waals surface area contributed by atoms with Crippen molar-refractivity contribution in [2.45, 2.75) is 44.2 Å². The molecule has 1 aliphatic carbocycles. The summed E-state index contributed by atoms with van der Waals surface area (Å²) in [5.74, 6) is 0.520. The Kier molecular flexibility index (Phi) is 9.04. The molecule has 1 unspecified atom stereocenters. The van der Waals surface area contributed by atoms with Crippen molar-refractivity contribution >= 4 is 45.5 Å². The Morgan fingerprint density at radius 1 is 1.00 bits per heavy atom. The summed E-state index contributed by atoms with van der Waals surface area (Å²) in [6.45, 7) is 1.53. The number of nitrogens with one attached hydrogen (secondary N) is 2. The minimum Gasteiger partial charge on any atom is -0.481 e. The van der Waals surface area contributed by atoms with Crippen LogP contribution in [-0.4, -0.2) is 46.1 Å². The Bertz CT molecular complexity index is 2090. The second-order valence-corrected chi connectivity index (χ2v) is 12.7. The first kappa shape index (κ1) is 32.4. The van der Waals surface area contributed by atoms with Gasteiger partial charge in [0, 0.05) is 60.0 Å². The molecule has 0 bridgehead atoms. The van der Waals surface area contributed by atoms with Crippen LogP contribution in [0.2, 0.25) is 10.0 Å². The van der Waals surface area contributed by atoms with Crippen LogP contribution in [0, 0.1) is 0 Å². The Morgan fingerprint density at radius 3 is 2.48 bits per heavy atom. The number of anilines is 2. The summed E-state index contributed by atoms with van der Waals surface area (Å²) in [5.41, 5.74) is 4.24. The minimum atomic E-state index is -2.86. The third-order valence-electron chi connectivity index (χ3n) is 9.00. The van der Waals surface area contributed by atoms with Crippen LogP contribution in [0.1, 0.15) is 48.6 Å². The van der Waals surface area contributed by atoms with Crippen molar-refractivity contribution in [2.24, 2.45) is 7.05 Å². The number of methoxy groups -OCH3 is 1. The zero-order valence-corrected chi connectivity index (χ0v) is 27.7. The van der Waals surface area contributed by atoms with Gasteiger partial charge in [0.05, 0.1) is 40.1 Å². The topological polar surface area (TPSA) is 103 Å². The van der Waals surface area contributed by atoms with Gasteiger partial charge < -0.3 is 20.1 Å². The lowest BCUT2D eigenvalue weighted by molar-refractivity contribution is 0.0748. The van der Waals surface area contributed by atoms with Crippen LogP contribution >= 0.6 is 23.2 Å². The summed E-state index contributed by atoms with van der Waals surface area (Å²) >= 11 is 14.1. The molecule has 0 saturated carbocycles. The molecule has 4 heterocycles. The predicted molar refractivity (Wildman–Crippen MR) is 183 cm³/mol. The number of alkyl halides is 2. The second-order valence-electron chi connectivity index (χ2n) is 11.9. The number of rotatable bonds is 8. The zero-order valence-electron chi connectivity index (χ0n) is 26.2. The molecule has 1 atom stereocenters. The molecule has 5 aromatic rings. The van der Waals surface area contributed by atoms with E-state index in [1.165, 1.54) is 18.8 Å². The average Bonchev–Trinajstić information content (AvgIpc) is 3.49. The molecule has 2 aromatic carbocycles. The summed E-state index contributed by atoms with van der Waals surface area (Å²) in [6, 6.07) is 14.7. The lowest BCUT2D eigenvalue weighted by Crippen LogP contribution is -2.36. The van der Waals surface area contributed by atoms with E-state index in [9.17, 15) is 13.6 Å². The zero-order chi connectivity index (χ0) is 33.5. The van der Waals surface area contributed by atoms with Gasteiger partial charge in [-0.05, 0) is 49.4 Å². The van der Waals surface area contributed by atoms with Crippen molar-refractivity contribution in [3.8, 4) is 28.3 Å². The lowest BCUT2D eigenvalue weighted by Gasteiger charge is -2.27. The number of benzene rings is 2.